The van der Waals surface area contributed by atoms with Gasteiger partial charge in [0.15, 0.2) is 0 Å². The first-order valence-electron chi connectivity index (χ1n) is 6.81. The maximum absolute atomic E-state index is 5.19. The van der Waals surface area contributed by atoms with E-state index in [1.165, 1.54) is 45.4 Å². The standard InChI is InChI=1S/C13H29N3O/c1-15(2)8-5-9-16(10-11-17-3)12-13-6-4-7-14-13/h13-14H,4-12H2,1-3H3. The van der Waals surface area contributed by atoms with Crippen LogP contribution in [0.3, 0.4) is 0 Å². The fraction of sp³-hybridized carbons (Fsp3) is 1.00. The highest BCUT2D eigenvalue weighted by Gasteiger charge is 2.17. The summed E-state index contributed by atoms with van der Waals surface area (Å²) in [5, 5.41) is 3.57. The Kier molecular flexibility index (Phi) is 7.77. The van der Waals surface area contributed by atoms with Gasteiger partial charge < -0.3 is 15.0 Å². The second-order valence-corrected chi connectivity index (χ2v) is 5.24. The van der Waals surface area contributed by atoms with Gasteiger partial charge in [0.1, 0.15) is 0 Å². The summed E-state index contributed by atoms with van der Waals surface area (Å²) in [6.07, 6.45) is 3.90. The zero-order chi connectivity index (χ0) is 12.5. The molecular weight excluding hydrogens is 214 g/mol. The van der Waals surface area contributed by atoms with Crippen LogP contribution in [0.15, 0.2) is 0 Å². The molecule has 0 amide bonds. The molecule has 4 heteroatoms. The van der Waals surface area contributed by atoms with Crippen LogP contribution in [0.5, 0.6) is 0 Å². The lowest BCUT2D eigenvalue weighted by atomic mass is 10.2. The molecule has 1 atom stereocenters. The molecule has 0 aromatic rings. The second-order valence-electron chi connectivity index (χ2n) is 5.24. The van der Waals surface area contributed by atoms with Gasteiger partial charge in [-0.1, -0.05) is 0 Å². The number of rotatable bonds is 9. The van der Waals surface area contributed by atoms with Gasteiger partial charge in [-0.2, -0.15) is 0 Å². The van der Waals surface area contributed by atoms with Gasteiger partial charge in [0.25, 0.3) is 0 Å². The predicted molar refractivity (Wildman–Crippen MR) is 72.5 cm³/mol. The van der Waals surface area contributed by atoms with Crippen LogP contribution in [0.1, 0.15) is 19.3 Å². The average molecular weight is 243 g/mol. The zero-order valence-corrected chi connectivity index (χ0v) is 11.7. The van der Waals surface area contributed by atoms with Crippen molar-refractivity contribution in [3.63, 3.8) is 0 Å². The Balaban J connectivity index is 2.20. The topological polar surface area (TPSA) is 27.7 Å². The van der Waals surface area contributed by atoms with Gasteiger partial charge in [0.2, 0.25) is 0 Å². The van der Waals surface area contributed by atoms with Crippen molar-refractivity contribution in [1.29, 1.82) is 0 Å². The first kappa shape index (κ1) is 14.9. The molecule has 1 heterocycles. The Morgan fingerprint density at radius 1 is 1.24 bits per heavy atom. The molecule has 1 aliphatic rings. The molecule has 102 valence electrons. The summed E-state index contributed by atoms with van der Waals surface area (Å²) in [6.45, 7) is 6.62. The Morgan fingerprint density at radius 3 is 2.65 bits per heavy atom. The number of hydrogen-bond acceptors (Lipinski definition) is 4. The van der Waals surface area contributed by atoms with Crippen LogP contribution in [-0.2, 0) is 4.74 Å². The largest absolute Gasteiger partial charge is 0.383 e. The first-order chi connectivity index (χ1) is 8.22. The highest BCUT2D eigenvalue weighted by molar-refractivity contribution is 4.78. The number of hydrogen-bond donors (Lipinski definition) is 1. The van der Waals surface area contributed by atoms with Gasteiger partial charge in [0, 0.05) is 26.2 Å². The molecule has 1 N–H and O–H groups in total. The summed E-state index contributed by atoms with van der Waals surface area (Å²) in [6, 6.07) is 0.700. The van der Waals surface area contributed by atoms with Crippen LogP contribution in [0.25, 0.3) is 0 Å². The molecule has 1 aliphatic heterocycles. The van der Waals surface area contributed by atoms with Crippen LogP contribution >= 0.6 is 0 Å². The van der Waals surface area contributed by atoms with Gasteiger partial charge in [-0.3, -0.25) is 4.90 Å². The van der Waals surface area contributed by atoms with Crippen molar-refractivity contribution in [2.45, 2.75) is 25.3 Å². The van der Waals surface area contributed by atoms with E-state index >= 15 is 0 Å². The third kappa shape index (κ3) is 6.99. The Bertz CT molecular complexity index is 182. The van der Waals surface area contributed by atoms with Crippen molar-refractivity contribution in [1.82, 2.24) is 15.1 Å². The van der Waals surface area contributed by atoms with E-state index < -0.39 is 0 Å². The predicted octanol–water partition coefficient (Wildman–Crippen LogP) is 0.639. The lowest BCUT2D eigenvalue weighted by molar-refractivity contribution is 0.139. The summed E-state index contributed by atoms with van der Waals surface area (Å²) in [7, 11) is 6.06. The number of ether oxygens (including phenoxy) is 1. The van der Waals surface area contributed by atoms with E-state index in [0.29, 0.717) is 6.04 Å². The molecule has 0 bridgehead atoms. The second kappa shape index (κ2) is 8.86. The number of methoxy groups -OCH3 is 1. The molecule has 4 nitrogen and oxygen atoms in total. The maximum atomic E-state index is 5.19. The Labute approximate surface area is 106 Å². The summed E-state index contributed by atoms with van der Waals surface area (Å²) in [4.78, 5) is 4.79. The van der Waals surface area contributed by atoms with Gasteiger partial charge in [-0.25, -0.2) is 0 Å². The summed E-state index contributed by atoms with van der Waals surface area (Å²) in [5.74, 6) is 0. The van der Waals surface area contributed by atoms with Gasteiger partial charge in [-0.15, -0.1) is 0 Å². The van der Waals surface area contributed by atoms with Gasteiger partial charge in [-0.05, 0) is 53.0 Å². The number of nitrogens with one attached hydrogen (secondary N) is 1. The van der Waals surface area contributed by atoms with E-state index in [1.54, 1.807) is 7.11 Å². The zero-order valence-electron chi connectivity index (χ0n) is 11.7. The third-order valence-electron chi connectivity index (χ3n) is 3.33. The van der Waals surface area contributed by atoms with E-state index in [2.05, 4.69) is 29.2 Å². The van der Waals surface area contributed by atoms with Crippen LogP contribution in [-0.4, -0.2) is 76.4 Å². The smallest absolute Gasteiger partial charge is 0.0589 e. The van der Waals surface area contributed by atoms with E-state index in [-0.39, 0.29) is 0 Å². The van der Waals surface area contributed by atoms with Crippen LogP contribution in [0.2, 0.25) is 0 Å². The SMILES string of the molecule is COCCN(CCCN(C)C)CC1CCCN1. The third-order valence-corrected chi connectivity index (χ3v) is 3.33. The van der Waals surface area contributed by atoms with E-state index in [1.807, 2.05) is 0 Å². The maximum Gasteiger partial charge on any atom is 0.0589 e. The minimum absolute atomic E-state index is 0.700. The van der Waals surface area contributed by atoms with Crippen molar-refractivity contribution >= 4 is 0 Å². The van der Waals surface area contributed by atoms with Crippen molar-refractivity contribution < 1.29 is 4.74 Å². The molecule has 0 aliphatic carbocycles. The fourth-order valence-corrected chi connectivity index (χ4v) is 2.35. The van der Waals surface area contributed by atoms with E-state index in [4.69, 9.17) is 4.74 Å². The van der Waals surface area contributed by atoms with Crippen LogP contribution in [0.4, 0.5) is 0 Å². The highest BCUT2D eigenvalue weighted by atomic mass is 16.5. The normalized spacial score (nSPS) is 20.6. The van der Waals surface area contributed by atoms with Crippen molar-refractivity contribution in [3.8, 4) is 0 Å². The minimum Gasteiger partial charge on any atom is -0.383 e. The molecule has 1 saturated heterocycles. The molecule has 0 aromatic carbocycles. The molecule has 17 heavy (non-hydrogen) atoms. The lowest BCUT2D eigenvalue weighted by Crippen LogP contribution is -2.40. The average Bonchev–Trinajstić information content (AvgIpc) is 2.78. The van der Waals surface area contributed by atoms with Crippen LogP contribution < -0.4 is 5.32 Å². The summed E-state index contributed by atoms with van der Waals surface area (Å²) >= 11 is 0. The van der Waals surface area contributed by atoms with Gasteiger partial charge in [0.05, 0.1) is 6.61 Å². The van der Waals surface area contributed by atoms with Crippen molar-refractivity contribution in [2.24, 2.45) is 0 Å². The van der Waals surface area contributed by atoms with E-state index in [9.17, 15) is 0 Å². The first-order valence-corrected chi connectivity index (χ1v) is 6.81. The van der Waals surface area contributed by atoms with Crippen LogP contribution in [0, 0.1) is 0 Å². The molecule has 1 unspecified atom stereocenters. The quantitative estimate of drug-likeness (QED) is 0.643. The molecule has 1 rings (SSSR count). The lowest BCUT2D eigenvalue weighted by Gasteiger charge is -2.26. The van der Waals surface area contributed by atoms with Crippen molar-refractivity contribution in [2.75, 3.05) is 60.5 Å². The monoisotopic (exact) mass is 243 g/mol. The highest BCUT2D eigenvalue weighted by Crippen LogP contribution is 2.07. The summed E-state index contributed by atoms with van der Waals surface area (Å²) < 4.78 is 5.19. The van der Waals surface area contributed by atoms with E-state index in [0.717, 1.165) is 13.2 Å². The summed E-state index contributed by atoms with van der Waals surface area (Å²) in [5.41, 5.74) is 0. The molecule has 0 aromatic heterocycles. The molecule has 0 saturated carbocycles. The molecular formula is C13H29N3O. The van der Waals surface area contributed by atoms with Crippen molar-refractivity contribution in [3.05, 3.63) is 0 Å². The molecule has 1 fully saturated rings. The molecule has 0 radical (unpaired) electrons. The Morgan fingerprint density at radius 2 is 2.06 bits per heavy atom. The Hall–Kier alpha value is -0.160. The number of nitrogens with zero attached hydrogens (tertiary/aromatic N) is 2. The fourth-order valence-electron chi connectivity index (χ4n) is 2.35. The molecule has 0 spiro atoms. The minimum atomic E-state index is 0.700. The van der Waals surface area contributed by atoms with Gasteiger partial charge >= 0.3 is 0 Å².